The maximum absolute atomic E-state index is 12.1. The largest absolute Gasteiger partial charge is 0.467 e. The van der Waals surface area contributed by atoms with Crippen molar-refractivity contribution in [1.82, 2.24) is 10.6 Å². The Morgan fingerprint density at radius 1 is 1.25 bits per heavy atom. The number of hydrogen-bond donors (Lipinski definition) is 3. The minimum absolute atomic E-state index is 0.0731. The molecule has 1 fully saturated rings. The topological polar surface area (TPSA) is 83.4 Å². The van der Waals surface area contributed by atoms with Gasteiger partial charge in [-0.1, -0.05) is 6.07 Å². The van der Waals surface area contributed by atoms with E-state index in [1.54, 1.807) is 43.5 Å². The van der Waals surface area contributed by atoms with Gasteiger partial charge in [0, 0.05) is 17.3 Å². The van der Waals surface area contributed by atoms with E-state index < -0.39 is 6.04 Å². The number of anilines is 1. The highest BCUT2D eigenvalue weighted by molar-refractivity contribution is 5.95. The summed E-state index contributed by atoms with van der Waals surface area (Å²) in [6.07, 6.45) is 3.68. The van der Waals surface area contributed by atoms with Gasteiger partial charge in [0.1, 0.15) is 11.8 Å². The molecule has 126 valence electrons. The minimum Gasteiger partial charge on any atom is -0.467 e. The molecular weight excluding hydrogens is 306 g/mol. The second-order valence-electron chi connectivity index (χ2n) is 5.99. The van der Waals surface area contributed by atoms with Gasteiger partial charge in [-0.15, -0.1) is 0 Å². The van der Waals surface area contributed by atoms with E-state index in [0.29, 0.717) is 23.9 Å². The van der Waals surface area contributed by atoms with Crippen molar-refractivity contribution in [2.24, 2.45) is 0 Å². The second kappa shape index (κ2) is 7.21. The fourth-order valence-electron chi connectivity index (χ4n) is 2.30. The number of rotatable bonds is 7. The third-order valence-corrected chi connectivity index (χ3v) is 3.83. The van der Waals surface area contributed by atoms with Crippen molar-refractivity contribution in [3.8, 4) is 0 Å². The third kappa shape index (κ3) is 4.38. The Balaban J connectivity index is 1.54. The fourth-order valence-corrected chi connectivity index (χ4v) is 2.30. The number of amides is 2. The van der Waals surface area contributed by atoms with Gasteiger partial charge in [-0.25, -0.2) is 0 Å². The molecule has 0 spiro atoms. The van der Waals surface area contributed by atoms with E-state index in [2.05, 4.69) is 16.0 Å². The van der Waals surface area contributed by atoms with Crippen molar-refractivity contribution in [2.75, 3.05) is 5.32 Å². The normalized spacial score (nSPS) is 14.7. The molecule has 0 bridgehead atoms. The molecule has 0 saturated heterocycles. The molecular formula is C18H21N3O3. The van der Waals surface area contributed by atoms with Crippen molar-refractivity contribution >= 4 is 17.5 Å². The van der Waals surface area contributed by atoms with Crippen LogP contribution in [0, 0.1) is 0 Å². The molecule has 3 N–H and O–H groups in total. The van der Waals surface area contributed by atoms with Crippen LogP contribution in [0.5, 0.6) is 0 Å². The zero-order valence-corrected chi connectivity index (χ0v) is 13.5. The number of furan rings is 1. The lowest BCUT2D eigenvalue weighted by atomic mass is 10.1. The van der Waals surface area contributed by atoms with Gasteiger partial charge in [-0.05, 0) is 50.1 Å². The number of benzene rings is 1. The van der Waals surface area contributed by atoms with Crippen LogP contribution in [0.4, 0.5) is 5.69 Å². The number of carbonyl (C=O) groups is 2. The third-order valence-electron chi connectivity index (χ3n) is 3.83. The summed E-state index contributed by atoms with van der Waals surface area (Å²) in [6, 6.07) is 10.6. The molecule has 1 aliphatic rings. The Labute approximate surface area is 140 Å². The maximum atomic E-state index is 12.1. The summed E-state index contributed by atoms with van der Waals surface area (Å²) >= 11 is 0. The van der Waals surface area contributed by atoms with Crippen LogP contribution in [0.25, 0.3) is 0 Å². The summed E-state index contributed by atoms with van der Waals surface area (Å²) in [5.41, 5.74) is 1.33. The highest BCUT2D eigenvalue weighted by Crippen LogP contribution is 2.20. The van der Waals surface area contributed by atoms with E-state index in [1.807, 2.05) is 6.07 Å². The summed E-state index contributed by atoms with van der Waals surface area (Å²) in [5.74, 6) is 0.490. The first kappa shape index (κ1) is 16.1. The summed E-state index contributed by atoms with van der Waals surface area (Å²) < 4.78 is 5.18. The van der Waals surface area contributed by atoms with Gasteiger partial charge in [0.15, 0.2) is 0 Å². The highest BCUT2D eigenvalue weighted by atomic mass is 16.3. The molecule has 1 aromatic carbocycles. The van der Waals surface area contributed by atoms with E-state index >= 15 is 0 Å². The molecule has 1 heterocycles. The first-order valence-electron chi connectivity index (χ1n) is 8.09. The van der Waals surface area contributed by atoms with Crippen LogP contribution in [0.15, 0.2) is 47.1 Å². The van der Waals surface area contributed by atoms with Crippen LogP contribution in [0.3, 0.4) is 0 Å². The summed E-state index contributed by atoms with van der Waals surface area (Å²) in [7, 11) is 0. The Bertz CT molecular complexity index is 708. The molecule has 1 atom stereocenters. The quantitative estimate of drug-likeness (QED) is 0.728. The predicted molar refractivity (Wildman–Crippen MR) is 90.6 cm³/mol. The van der Waals surface area contributed by atoms with Crippen molar-refractivity contribution < 1.29 is 14.0 Å². The van der Waals surface area contributed by atoms with Crippen molar-refractivity contribution in [3.05, 3.63) is 54.0 Å². The zero-order valence-electron chi connectivity index (χ0n) is 13.5. The van der Waals surface area contributed by atoms with Crippen molar-refractivity contribution in [1.29, 1.82) is 0 Å². The summed E-state index contributed by atoms with van der Waals surface area (Å²) in [5, 5.41) is 8.87. The standard InChI is InChI=1S/C18H21N3O3/c1-12(17(22)19-11-16-6-3-9-24-16)20-15-5-2-4-13(10-15)18(23)21-14-7-8-14/h2-6,9-10,12,14,20H,7-8,11H2,1H3,(H,19,22)(H,21,23)/t12-/m0/s1. The van der Waals surface area contributed by atoms with Gasteiger partial charge >= 0.3 is 0 Å². The van der Waals surface area contributed by atoms with Crippen LogP contribution in [0.1, 0.15) is 35.9 Å². The number of nitrogens with one attached hydrogen (secondary N) is 3. The van der Waals surface area contributed by atoms with Gasteiger partial charge in [0.25, 0.3) is 5.91 Å². The fraction of sp³-hybridized carbons (Fsp3) is 0.333. The molecule has 1 aliphatic carbocycles. The molecule has 2 aromatic rings. The molecule has 0 aliphatic heterocycles. The molecule has 0 radical (unpaired) electrons. The van der Waals surface area contributed by atoms with E-state index in [1.165, 1.54) is 0 Å². The lowest BCUT2D eigenvalue weighted by Crippen LogP contribution is -2.37. The Kier molecular flexibility index (Phi) is 4.84. The molecule has 1 aromatic heterocycles. The maximum Gasteiger partial charge on any atom is 0.251 e. The number of hydrogen-bond acceptors (Lipinski definition) is 4. The molecule has 2 amide bonds. The lowest BCUT2D eigenvalue weighted by molar-refractivity contribution is -0.121. The summed E-state index contributed by atoms with van der Waals surface area (Å²) in [6.45, 7) is 2.12. The molecule has 1 saturated carbocycles. The lowest BCUT2D eigenvalue weighted by Gasteiger charge is -2.15. The van der Waals surface area contributed by atoms with Gasteiger partial charge in [-0.2, -0.15) is 0 Å². The van der Waals surface area contributed by atoms with Crippen LogP contribution < -0.4 is 16.0 Å². The van der Waals surface area contributed by atoms with E-state index in [4.69, 9.17) is 4.42 Å². The van der Waals surface area contributed by atoms with Gasteiger partial charge in [0.05, 0.1) is 12.8 Å². The van der Waals surface area contributed by atoms with E-state index in [-0.39, 0.29) is 11.8 Å². The monoisotopic (exact) mass is 327 g/mol. The molecule has 6 nitrogen and oxygen atoms in total. The van der Waals surface area contributed by atoms with Gasteiger partial charge in [0.2, 0.25) is 5.91 Å². The van der Waals surface area contributed by atoms with Gasteiger partial charge < -0.3 is 20.4 Å². The zero-order chi connectivity index (χ0) is 16.9. The SMILES string of the molecule is C[C@H](Nc1cccc(C(=O)NC2CC2)c1)C(=O)NCc1ccco1. The first-order valence-corrected chi connectivity index (χ1v) is 8.09. The average Bonchev–Trinajstić information content (AvgIpc) is 3.24. The minimum atomic E-state index is -0.429. The summed E-state index contributed by atoms with van der Waals surface area (Å²) in [4.78, 5) is 24.2. The molecule has 24 heavy (non-hydrogen) atoms. The van der Waals surface area contributed by atoms with Crippen molar-refractivity contribution in [3.63, 3.8) is 0 Å². The number of carbonyl (C=O) groups excluding carboxylic acids is 2. The Hall–Kier alpha value is -2.76. The van der Waals surface area contributed by atoms with Crippen molar-refractivity contribution in [2.45, 2.75) is 38.4 Å². The first-order chi connectivity index (χ1) is 11.6. The highest BCUT2D eigenvalue weighted by Gasteiger charge is 2.23. The van der Waals surface area contributed by atoms with Gasteiger partial charge in [-0.3, -0.25) is 9.59 Å². The van der Waals surface area contributed by atoms with E-state index in [9.17, 15) is 9.59 Å². The second-order valence-corrected chi connectivity index (χ2v) is 5.99. The van der Waals surface area contributed by atoms with Crippen LogP contribution >= 0.6 is 0 Å². The Morgan fingerprint density at radius 2 is 2.08 bits per heavy atom. The predicted octanol–water partition coefficient (Wildman–Crippen LogP) is 2.29. The average molecular weight is 327 g/mol. The molecule has 6 heteroatoms. The smallest absolute Gasteiger partial charge is 0.251 e. The molecule has 3 rings (SSSR count). The van der Waals surface area contributed by atoms with Crippen LogP contribution in [-0.4, -0.2) is 23.9 Å². The van der Waals surface area contributed by atoms with E-state index in [0.717, 1.165) is 18.5 Å². The molecule has 0 unspecified atom stereocenters. The Morgan fingerprint density at radius 3 is 2.79 bits per heavy atom. The van der Waals surface area contributed by atoms with Crippen LogP contribution in [0.2, 0.25) is 0 Å². The van der Waals surface area contributed by atoms with Crippen LogP contribution in [-0.2, 0) is 11.3 Å².